The van der Waals surface area contributed by atoms with Gasteiger partial charge in [0.05, 0.1) is 0 Å². The maximum absolute atomic E-state index is 6.08. The van der Waals surface area contributed by atoms with Crippen LogP contribution in [0.25, 0.3) is 0 Å². The van der Waals surface area contributed by atoms with Crippen molar-refractivity contribution in [3.8, 4) is 0 Å². The largest absolute Gasteiger partial charge is 0.310 e. The SMILES string of the molecule is Cc1c(Cl)cccc1CNC1CCCC1. The molecule has 0 spiro atoms. The van der Waals surface area contributed by atoms with Crippen LogP contribution >= 0.6 is 11.6 Å². The van der Waals surface area contributed by atoms with E-state index >= 15 is 0 Å². The molecule has 2 heteroatoms. The quantitative estimate of drug-likeness (QED) is 0.825. The van der Waals surface area contributed by atoms with Crippen LogP contribution in [-0.4, -0.2) is 6.04 Å². The zero-order valence-corrected chi connectivity index (χ0v) is 9.98. The Kier molecular flexibility index (Phi) is 3.66. The Labute approximate surface area is 96.8 Å². The van der Waals surface area contributed by atoms with Gasteiger partial charge in [0.15, 0.2) is 0 Å². The first-order valence-corrected chi connectivity index (χ1v) is 6.12. The molecule has 0 amide bonds. The van der Waals surface area contributed by atoms with E-state index in [0.29, 0.717) is 0 Å². The van der Waals surface area contributed by atoms with E-state index in [-0.39, 0.29) is 0 Å². The average molecular weight is 224 g/mol. The Morgan fingerprint density at radius 3 is 2.80 bits per heavy atom. The van der Waals surface area contributed by atoms with E-state index < -0.39 is 0 Å². The molecule has 82 valence electrons. The minimum absolute atomic E-state index is 0.725. The maximum Gasteiger partial charge on any atom is 0.0438 e. The standard InChI is InChI=1S/C13H18ClN/c1-10-11(5-4-8-13(10)14)9-15-12-6-2-3-7-12/h4-5,8,12,15H,2-3,6-7,9H2,1H3. The molecule has 2 rings (SSSR count). The molecule has 0 atom stereocenters. The van der Waals surface area contributed by atoms with Crippen molar-refractivity contribution in [3.63, 3.8) is 0 Å². The summed E-state index contributed by atoms with van der Waals surface area (Å²) in [5.41, 5.74) is 2.54. The van der Waals surface area contributed by atoms with Crippen LogP contribution in [0.1, 0.15) is 36.8 Å². The van der Waals surface area contributed by atoms with Gasteiger partial charge in [-0.2, -0.15) is 0 Å². The highest BCUT2D eigenvalue weighted by molar-refractivity contribution is 6.31. The lowest BCUT2D eigenvalue weighted by molar-refractivity contribution is 0.523. The third-order valence-corrected chi connectivity index (χ3v) is 3.73. The van der Waals surface area contributed by atoms with Crippen LogP contribution in [0.4, 0.5) is 0 Å². The fourth-order valence-electron chi connectivity index (χ4n) is 2.23. The second-order valence-electron chi connectivity index (χ2n) is 4.39. The van der Waals surface area contributed by atoms with Crippen LogP contribution in [0.15, 0.2) is 18.2 Å². The summed E-state index contributed by atoms with van der Waals surface area (Å²) >= 11 is 6.08. The van der Waals surface area contributed by atoms with Crippen LogP contribution in [0, 0.1) is 6.92 Å². The van der Waals surface area contributed by atoms with Crippen molar-refractivity contribution in [2.45, 2.75) is 45.2 Å². The van der Waals surface area contributed by atoms with Gasteiger partial charge in [0.25, 0.3) is 0 Å². The van der Waals surface area contributed by atoms with E-state index in [0.717, 1.165) is 17.6 Å². The van der Waals surface area contributed by atoms with Gasteiger partial charge < -0.3 is 5.32 Å². The predicted molar refractivity (Wildman–Crippen MR) is 65.3 cm³/mol. The van der Waals surface area contributed by atoms with E-state index in [4.69, 9.17) is 11.6 Å². The van der Waals surface area contributed by atoms with Gasteiger partial charge in [0.2, 0.25) is 0 Å². The van der Waals surface area contributed by atoms with Gasteiger partial charge in [-0.3, -0.25) is 0 Å². The lowest BCUT2D eigenvalue weighted by atomic mass is 10.1. The highest BCUT2D eigenvalue weighted by Crippen LogP contribution is 2.21. The van der Waals surface area contributed by atoms with E-state index in [1.54, 1.807) is 0 Å². The van der Waals surface area contributed by atoms with Gasteiger partial charge in [-0.05, 0) is 37.0 Å². The Bertz CT molecular complexity index is 329. The molecule has 0 heterocycles. The Morgan fingerprint density at radius 2 is 2.07 bits per heavy atom. The lowest BCUT2D eigenvalue weighted by Gasteiger charge is -2.13. The number of halogens is 1. The van der Waals surface area contributed by atoms with Crippen molar-refractivity contribution >= 4 is 11.6 Å². The predicted octanol–water partition coefficient (Wildman–Crippen LogP) is 3.68. The van der Waals surface area contributed by atoms with Crippen LogP contribution in [0.3, 0.4) is 0 Å². The van der Waals surface area contributed by atoms with Crippen molar-refractivity contribution in [1.82, 2.24) is 5.32 Å². The third kappa shape index (κ3) is 2.73. The number of rotatable bonds is 3. The minimum Gasteiger partial charge on any atom is -0.310 e. The molecule has 15 heavy (non-hydrogen) atoms. The summed E-state index contributed by atoms with van der Waals surface area (Å²) in [6.07, 6.45) is 5.43. The molecule has 1 aliphatic rings. The van der Waals surface area contributed by atoms with Gasteiger partial charge >= 0.3 is 0 Å². The molecule has 1 saturated carbocycles. The molecule has 1 aromatic rings. The highest BCUT2D eigenvalue weighted by atomic mass is 35.5. The molecule has 0 unspecified atom stereocenters. The van der Waals surface area contributed by atoms with Gasteiger partial charge in [-0.15, -0.1) is 0 Å². The number of benzene rings is 1. The monoisotopic (exact) mass is 223 g/mol. The first-order valence-electron chi connectivity index (χ1n) is 5.75. The second kappa shape index (κ2) is 5.00. The Hall–Kier alpha value is -0.530. The van der Waals surface area contributed by atoms with Gasteiger partial charge in [0, 0.05) is 17.6 Å². The molecule has 1 aliphatic carbocycles. The number of hydrogen-bond donors (Lipinski definition) is 1. The van der Waals surface area contributed by atoms with E-state index in [1.165, 1.54) is 36.8 Å². The summed E-state index contributed by atoms with van der Waals surface area (Å²) in [6.45, 7) is 3.05. The molecule has 0 aromatic heterocycles. The Balaban J connectivity index is 1.95. The van der Waals surface area contributed by atoms with Gasteiger partial charge in [0.1, 0.15) is 0 Å². The third-order valence-electron chi connectivity index (χ3n) is 3.32. The highest BCUT2D eigenvalue weighted by Gasteiger charge is 2.14. The summed E-state index contributed by atoms with van der Waals surface area (Å²) in [7, 11) is 0. The molecule has 0 bridgehead atoms. The summed E-state index contributed by atoms with van der Waals surface area (Å²) in [4.78, 5) is 0. The fraction of sp³-hybridized carbons (Fsp3) is 0.538. The van der Waals surface area contributed by atoms with Crippen molar-refractivity contribution in [2.24, 2.45) is 0 Å². The molecule has 0 radical (unpaired) electrons. The summed E-state index contributed by atoms with van der Waals surface area (Å²) in [5.74, 6) is 0. The first-order chi connectivity index (χ1) is 7.27. The lowest BCUT2D eigenvalue weighted by Crippen LogP contribution is -2.25. The van der Waals surface area contributed by atoms with Crippen molar-refractivity contribution in [2.75, 3.05) is 0 Å². The molecular weight excluding hydrogens is 206 g/mol. The van der Waals surface area contributed by atoms with E-state index in [1.807, 2.05) is 12.1 Å². The van der Waals surface area contributed by atoms with Crippen molar-refractivity contribution in [1.29, 1.82) is 0 Å². The molecule has 1 aromatic carbocycles. The van der Waals surface area contributed by atoms with E-state index in [9.17, 15) is 0 Å². The number of hydrogen-bond acceptors (Lipinski definition) is 1. The molecule has 1 N–H and O–H groups in total. The number of nitrogens with one attached hydrogen (secondary N) is 1. The molecule has 0 aliphatic heterocycles. The molecule has 1 fully saturated rings. The maximum atomic E-state index is 6.08. The Morgan fingerprint density at radius 1 is 1.33 bits per heavy atom. The summed E-state index contributed by atoms with van der Waals surface area (Å²) in [6, 6.07) is 6.86. The van der Waals surface area contributed by atoms with Crippen LogP contribution in [0.5, 0.6) is 0 Å². The van der Waals surface area contributed by atoms with E-state index in [2.05, 4.69) is 18.3 Å². The van der Waals surface area contributed by atoms with Gasteiger partial charge in [-0.1, -0.05) is 36.6 Å². The molecular formula is C13H18ClN. The minimum atomic E-state index is 0.725. The zero-order valence-electron chi connectivity index (χ0n) is 9.22. The fourth-order valence-corrected chi connectivity index (χ4v) is 2.42. The topological polar surface area (TPSA) is 12.0 Å². The van der Waals surface area contributed by atoms with Crippen LogP contribution in [0.2, 0.25) is 5.02 Å². The normalized spacial score (nSPS) is 17.2. The van der Waals surface area contributed by atoms with Crippen LogP contribution in [-0.2, 0) is 6.54 Å². The summed E-state index contributed by atoms with van der Waals surface area (Å²) in [5, 5.41) is 4.48. The first kappa shape index (κ1) is 11.0. The van der Waals surface area contributed by atoms with Gasteiger partial charge in [-0.25, -0.2) is 0 Å². The van der Waals surface area contributed by atoms with Crippen LogP contribution < -0.4 is 5.32 Å². The second-order valence-corrected chi connectivity index (χ2v) is 4.79. The molecule has 0 saturated heterocycles. The zero-order chi connectivity index (χ0) is 10.7. The molecule has 1 nitrogen and oxygen atoms in total. The smallest absolute Gasteiger partial charge is 0.0438 e. The average Bonchev–Trinajstić information content (AvgIpc) is 2.73. The summed E-state index contributed by atoms with van der Waals surface area (Å²) < 4.78 is 0. The van der Waals surface area contributed by atoms with Crippen molar-refractivity contribution in [3.05, 3.63) is 34.3 Å². The van der Waals surface area contributed by atoms with Crippen molar-refractivity contribution < 1.29 is 0 Å².